The van der Waals surface area contributed by atoms with Gasteiger partial charge in [-0.25, -0.2) is 0 Å². The third-order valence-electron chi connectivity index (χ3n) is 4.46. The van der Waals surface area contributed by atoms with Crippen LogP contribution in [0.25, 0.3) is 0 Å². The molecule has 1 nitrogen and oxygen atoms in total. The highest BCUT2D eigenvalue weighted by molar-refractivity contribution is 4.90. The number of rotatable bonds is 5. The van der Waals surface area contributed by atoms with Crippen LogP contribution >= 0.6 is 0 Å². The predicted molar refractivity (Wildman–Crippen MR) is 65.9 cm³/mol. The van der Waals surface area contributed by atoms with Gasteiger partial charge < -0.3 is 5.11 Å². The van der Waals surface area contributed by atoms with E-state index in [0.717, 1.165) is 25.2 Å². The van der Waals surface area contributed by atoms with Crippen molar-refractivity contribution in [1.29, 1.82) is 0 Å². The van der Waals surface area contributed by atoms with Gasteiger partial charge in [-0.15, -0.1) is 0 Å². The summed E-state index contributed by atoms with van der Waals surface area (Å²) in [5.74, 6) is 1.29. The lowest BCUT2D eigenvalue weighted by Crippen LogP contribution is -2.42. The quantitative estimate of drug-likeness (QED) is 0.726. The summed E-state index contributed by atoms with van der Waals surface area (Å²) in [5.41, 5.74) is -0.330. The van der Waals surface area contributed by atoms with Crippen LogP contribution in [-0.2, 0) is 0 Å². The molecule has 1 saturated carbocycles. The smallest absolute Gasteiger partial charge is 0.0678 e. The molecule has 0 amide bonds. The zero-order valence-electron chi connectivity index (χ0n) is 10.8. The second kappa shape index (κ2) is 5.89. The van der Waals surface area contributed by atoms with Crippen LogP contribution in [0.2, 0.25) is 0 Å². The first-order valence-electron chi connectivity index (χ1n) is 6.88. The average Bonchev–Trinajstić information content (AvgIpc) is 2.26. The molecule has 0 bridgehead atoms. The molecule has 1 rings (SSSR count). The first-order chi connectivity index (χ1) is 7.16. The molecule has 0 aromatic rings. The Hall–Kier alpha value is -0.0400. The average molecular weight is 212 g/mol. The van der Waals surface area contributed by atoms with Crippen molar-refractivity contribution in [2.24, 2.45) is 11.8 Å². The van der Waals surface area contributed by atoms with Crippen molar-refractivity contribution in [1.82, 2.24) is 0 Å². The molecular formula is C14H28O. The highest BCUT2D eigenvalue weighted by atomic mass is 16.3. The summed E-state index contributed by atoms with van der Waals surface area (Å²) >= 11 is 0. The highest BCUT2D eigenvalue weighted by Crippen LogP contribution is 2.40. The van der Waals surface area contributed by atoms with Gasteiger partial charge in [0, 0.05) is 0 Å². The predicted octanol–water partition coefficient (Wildman–Crippen LogP) is 4.14. The minimum Gasteiger partial charge on any atom is -0.390 e. The van der Waals surface area contributed by atoms with E-state index in [2.05, 4.69) is 20.8 Å². The van der Waals surface area contributed by atoms with Crippen LogP contribution in [0, 0.1) is 11.8 Å². The van der Waals surface area contributed by atoms with Crippen LogP contribution in [-0.4, -0.2) is 10.7 Å². The minimum absolute atomic E-state index is 0.330. The molecule has 0 saturated heterocycles. The third-order valence-corrected chi connectivity index (χ3v) is 4.46. The summed E-state index contributed by atoms with van der Waals surface area (Å²) in [6.07, 6.45) is 9.46. The van der Waals surface area contributed by atoms with Crippen LogP contribution in [0.4, 0.5) is 0 Å². The fourth-order valence-corrected chi connectivity index (χ4v) is 3.22. The summed E-state index contributed by atoms with van der Waals surface area (Å²) in [7, 11) is 0. The van der Waals surface area contributed by atoms with Gasteiger partial charge in [-0.05, 0) is 31.1 Å². The maximum absolute atomic E-state index is 10.8. The summed E-state index contributed by atoms with van der Waals surface area (Å²) in [6.45, 7) is 6.73. The van der Waals surface area contributed by atoms with E-state index in [-0.39, 0.29) is 5.60 Å². The van der Waals surface area contributed by atoms with Gasteiger partial charge in [0.05, 0.1) is 5.60 Å². The molecule has 0 aliphatic heterocycles. The van der Waals surface area contributed by atoms with Crippen LogP contribution < -0.4 is 0 Å². The molecule has 1 aliphatic rings. The van der Waals surface area contributed by atoms with Crippen LogP contribution in [0.3, 0.4) is 0 Å². The van der Waals surface area contributed by atoms with Crippen molar-refractivity contribution in [3.8, 4) is 0 Å². The van der Waals surface area contributed by atoms with Crippen molar-refractivity contribution in [3.63, 3.8) is 0 Å². The van der Waals surface area contributed by atoms with Crippen molar-refractivity contribution in [2.75, 3.05) is 0 Å². The molecule has 1 heteroatoms. The van der Waals surface area contributed by atoms with Crippen LogP contribution in [0.5, 0.6) is 0 Å². The molecule has 0 heterocycles. The highest BCUT2D eigenvalue weighted by Gasteiger charge is 2.38. The Labute approximate surface area is 95.3 Å². The van der Waals surface area contributed by atoms with Crippen molar-refractivity contribution in [3.05, 3.63) is 0 Å². The lowest BCUT2D eigenvalue weighted by atomic mass is 9.69. The van der Waals surface area contributed by atoms with Gasteiger partial charge in [-0.2, -0.15) is 0 Å². The van der Waals surface area contributed by atoms with Gasteiger partial charge in [0.1, 0.15) is 0 Å². The summed E-state index contributed by atoms with van der Waals surface area (Å²) < 4.78 is 0. The summed E-state index contributed by atoms with van der Waals surface area (Å²) in [4.78, 5) is 0. The lowest BCUT2D eigenvalue weighted by molar-refractivity contribution is -0.0681. The number of aliphatic hydroxyl groups is 1. The molecule has 0 radical (unpaired) electrons. The first kappa shape index (κ1) is 13.0. The lowest BCUT2D eigenvalue weighted by Gasteiger charge is -2.41. The van der Waals surface area contributed by atoms with E-state index in [0.29, 0.717) is 5.92 Å². The zero-order chi connectivity index (χ0) is 11.3. The van der Waals surface area contributed by atoms with Gasteiger partial charge >= 0.3 is 0 Å². The zero-order valence-corrected chi connectivity index (χ0v) is 10.8. The van der Waals surface area contributed by atoms with Gasteiger partial charge in [0.25, 0.3) is 0 Å². The normalized spacial score (nSPS) is 32.2. The molecule has 1 N–H and O–H groups in total. The molecule has 1 aliphatic carbocycles. The first-order valence-corrected chi connectivity index (χ1v) is 6.88. The Morgan fingerprint density at radius 3 is 2.40 bits per heavy atom. The Balaban J connectivity index is 2.60. The third kappa shape index (κ3) is 3.21. The second-order valence-electron chi connectivity index (χ2n) is 5.34. The maximum atomic E-state index is 10.8. The Bertz CT molecular complexity index is 174. The van der Waals surface area contributed by atoms with E-state index in [4.69, 9.17) is 0 Å². The van der Waals surface area contributed by atoms with E-state index < -0.39 is 0 Å². The molecular weight excluding hydrogens is 184 g/mol. The number of hydrogen-bond donors (Lipinski definition) is 1. The number of hydrogen-bond acceptors (Lipinski definition) is 1. The van der Waals surface area contributed by atoms with Gasteiger partial charge in [-0.3, -0.25) is 0 Å². The van der Waals surface area contributed by atoms with E-state index in [1.165, 1.54) is 32.1 Å². The standard InChI is InChI=1S/C14H28O/c1-4-12(5-2)11-14(15)10-8-7-9-13(14)6-3/h12-13,15H,4-11H2,1-3H3. The molecule has 0 aromatic heterocycles. The Morgan fingerprint density at radius 1 is 1.20 bits per heavy atom. The second-order valence-corrected chi connectivity index (χ2v) is 5.34. The van der Waals surface area contributed by atoms with Crippen LogP contribution in [0.15, 0.2) is 0 Å². The minimum atomic E-state index is -0.330. The van der Waals surface area contributed by atoms with Gasteiger partial charge in [0.15, 0.2) is 0 Å². The molecule has 0 spiro atoms. The molecule has 1 fully saturated rings. The van der Waals surface area contributed by atoms with Crippen molar-refractivity contribution >= 4 is 0 Å². The SMILES string of the molecule is CCC(CC)CC1(O)CCCCC1CC. The van der Waals surface area contributed by atoms with Crippen molar-refractivity contribution < 1.29 is 5.11 Å². The molecule has 2 unspecified atom stereocenters. The largest absolute Gasteiger partial charge is 0.390 e. The van der Waals surface area contributed by atoms with Gasteiger partial charge in [0.2, 0.25) is 0 Å². The molecule has 15 heavy (non-hydrogen) atoms. The molecule has 2 atom stereocenters. The maximum Gasteiger partial charge on any atom is 0.0678 e. The summed E-state index contributed by atoms with van der Waals surface area (Å²) in [5, 5.41) is 10.8. The van der Waals surface area contributed by atoms with E-state index >= 15 is 0 Å². The van der Waals surface area contributed by atoms with E-state index in [1.54, 1.807) is 0 Å². The molecule has 0 aromatic carbocycles. The molecule has 90 valence electrons. The fourth-order valence-electron chi connectivity index (χ4n) is 3.22. The van der Waals surface area contributed by atoms with Crippen molar-refractivity contribution in [2.45, 2.75) is 77.7 Å². The van der Waals surface area contributed by atoms with Crippen LogP contribution in [0.1, 0.15) is 72.1 Å². The topological polar surface area (TPSA) is 20.2 Å². The Morgan fingerprint density at radius 2 is 1.87 bits per heavy atom. The van der Waals surface area contributed by atoms with E-state index in [1.807, 2.05) is 0 Å². The Kier molecular flexibility index (Phi) is 5.11. The monoisotopic (exact) mass is 212 g/mol. The fraction of sp³-hybridized carbons (Fsp3) is 1.00. The summed E-state index contributed by atoms with van der Waals surface area (Å²) in [6, 6.07) is 0. The van der Waals surface area contributed by atoms with E-state index in [9.17, 15) is 5.11 Å². The van der Waals surface area contributed by atoms with Gasteiger partial charge in [-0.1, -0.05) is 52.9 Å².